The molecule has 0 amide bonds. The molecule has 1 aliphatic carbocycles. The molecule has 0 fully saturated rings. The van der Waals surface area contributed by atoms with Gasteiger partial charge in [0, 0.05) is 0 Å². The molecule has 28 heavy (non-hydrogen) atoms. The maximum Gasteiger partial charge on any atom is 4.00 e. The van der Waals surface area contributed by atoms with Gasteiger partial charge in [-0.3, -0.25) is 6.08 Å². The molecular formula is C24H27Cl3Ti. The zero-order chi connectivity index (χ0) is 17.3. The molecule has 0 atom stereocenters. The summed E-state index contributed by atoms with van der Waals surface area (Å²) >= 11 is 0. The average Bonchev–Trinajstić information content (AvgIpc) is 2.97. The molecule has 0 bridgehead atoms. The molecule has 0 N–H and O–H groups in total. The van der Waals surface area contributed by atoms with Crippen molar-refractivity contribution in [1.29, 1.82) is 0 Å². The molecule has 4 heteroatoms. The number of hydrogen-bond donors (Lipinski definition) is 0. The molecule has 0 spiro atoms. The Morgan fingerprint density at radius 1 is 0.821 bits per heavy atom. The van der Waals surface area contributed by atoms with Crippen LogP contribution in [0.25, 0.3) is 0 Å². The molecule has 1 aliphatic rings. The molecule has 0 aromatic heterocycles. The largest absolute Gasteiger partial charge is 4.00 e. The van der Waals surface area contributed by atoms with Crippen LogP contribution >= 0.6 is 0 Å². The zero-order valence-electron chi connectivity index (χ0n) is 17.1. The van der Waals surface area contributed by atoms with Gasteiger partial charge in [0.1, 0.15) is 0 Å². The molecule has 0 radical (unpaired) electrons. The predicted molar refractivity (Wildman–Crippen MR) is 103 cm³/mol. The summed E-state index contributed by atoms with van der Waals surface area (Å²) in [5, 5.41) is 0. The molecular weight excluding hydrogens is 442 g/mol. The van der Waals surface area contributed by atoms with Crippen LogP contribution in [-0.2, 0) is 21.7 Å². The Morgan fingerprint density at radius 2 is 1.29 bits per heavy atom. The first-order valence-corrected chi connectivity index (χ1v) is 8.81. The quantitative estimate of drug-likeness (QED) is 0.346. The van der Waals surface area contributed by atoms with Gasteiger partial charge in [0.05, 0.1) is 0 Å². The van der Waals surface area contributed by atoms with E-state index in [0.29, 0.717) is 5.92 Å². The van der Waals surface area contributed by atoms with Gasteiger partial charge in [-0.25, -0.2) is 5.57 Å². The Balaban J connectivity index is 0. The second-order valence-electron chi connectivity index (χ2n) is 7.96. The van der Waals surface area contributed by atoms with E-state index in [-0.39, 0.29) is 64.4 Å². The number of hydrogen-bond acceptors (Lipinski definition) is 0. The van der Waals surface area contributed by atoms with Crippen LogP contribution in [0.2, 0.25) is 0 Å². The van der Waals surface area contributed by atoms with Gasteiger partial charge in [-0.1, -0.05) is 98.0 Å². The van der Waals surface area contributed by atoms with Gasteiger partial charge < -0.3 is 37.2 Å². The Labute approximate surface area is 204 Å². The maximum absolute atomic E-state index is 3.55. The standard InChI is InChI=1S/C24H27.3ClH.Ti/c1-17-9-6-11-19(15-17)23(20-12-7-10-18(2)16-20)21-13-8-14-22(21)24(3,4)5;;;;/h6-12,15-16,23H,13H2,1-5H3;3*1H;/q-1;;;;+4/p-3. The van der Waals surface area contributed by atoms with E-state index in [1.807, 2.05) is 0 Å². The normalized spacial score (nSPS) is 12.6. The van der Waals surface area contributed by atoms with Crippen LogP contribution in [0.1, 0.15) is 55.4 Å². The van der Waals surface area contributed by atoms with Crippen molar-refractivity contribution in [3.8, 4) is 0 Å². The molecule has 3 rings (SSSR count). The van der Waals surface area contributed by atoms with Crippen molar-refractivity contribution >= 4 is 0 Å². The minimum Gasteiger partial charge on any atom is -1.00 e. The van der Waals surface area contributed by atoms with Crippen LogP contribution in [0, 0.1) is 25.3 Å². The van der Waals surface area contributed by atoms with Gasteiger partial charge in [0.25, 0.3) is 0 Å². The summed E-state index contributed by atoms with van der Waals surface area (Å²) in [6.45, 7) is 11.2. The van der Waals surface area contributed by atoms with E-state index in [0.717, 1.165) is 6.42 Å². The smallest absolute Gasteiger partial charge is 1.00 e. The Bertz CT molecular complexity index is 771. The predicted octanol–water partition coefficient (Wildman–Crippen LogP) is -2.45. The molecule has 2 aromatic rings. The number of benzene rings is 2. The number of aryl methyl sites for hydroxylation is 2. The van der Waals surface area contributed by atoms with E-state index in [4.69, 9.17) is 0 Å². The fraction of sp³-hybridized carbons (Fsp3) is 0.333. The van der Waals surface area contributed by atoms with Crippen LogP contribution < -0.4 is 37.2 Å². The average molecular weight is 470 g/mol. The maximum atomic E-state index is 3.55. The number of allylic oxidation sites excluding steroid dienone is 4. The Kier molecular flexibility index (Phi) is 13.0. The van der Waals surface area contributed by atoms with Crippen LogP contribution in [-0.4, -0.2) is 0 Å². The number of rotatable bonds is 3. The summed E-state index contributed by atoms with van der Waals surface area (Å²) in [4.78, 5) is 0. The molecule has 0 nitrogen and oxygen atoms in total. The van der Waals surface area contributed by atoms with Crippen molar-refractivity contribution in [2.45, 2.75) is 47.0 Å². The van der Waals surface area contributed by atoms with Crippen LogP contribution in [0.3, 0.4) is 0 Å². The van der Waals surface area contributed by atoms with Gasteiger partial charge in [0.15, 0.2) is 0 Å². The van der Waals surface area contributed by atoms with E-state index in [1.54, 1.807) is 0 Å². The fourth-order valence-electron chi connectivity index (χ4n) is 3.71. The molecule has 148 valence electrons. The fourth-order valence-corrected chi connectivity index (χ4v) is 3.71. The SMILES string of the molecule is Cc1cccc(C(C2=C(C(C)(C)C)[C-]=CC2)c2cccc(C)c2)c1.[Cl-].[Cl-].[Cl-].[Ti+4]. The summed E-state index contributed by atoms with van der Waals surface area (Å²) in [5.74, 6) is 0.310. The van der Waals surface area contributed by atoms with E-state index in [9.17, 15) is 0 Å². The van der Waals surface area contributed by atoms with Crippen molar-refractivity contribution in [2.24, 2.45) is 5.41 Å². The van der Waals surface area contributed by atoms with Gasteiger partial charge in [-0.05, 0) is 25.2 Å². The van der Waals surface area contributed by atoms with Gasteiger partial charge in [-0.15, -0.1) is 0 Å². The third-order valence-electron chi connectivity index (χ3n) is 4.74. The molecule has 0 saturated carbocycles. The molecule has 0 aliphatic heterocycles. The Morgan fingerprint density at radius 3 is 1.68 bits per heavy atom. The summed E-state index contributed by atoms with van der Waals surface area (Å²) in [7, 11) is 0. The third kappa shape index (κ3) is 6.79. The van der Waals surface area contributed by atoms with Crippen LogP contribution in [0.5, 0.6) is 0 Å². The topological polar surface area (TPSA) is 0 Å². The number of halogens is 3. The first-order chi connectivity index (χ1) is 11.4. The van der Waals surface area contributed by atoms with E-state index in [1.165, 1.54) is 33.4 Å². The van der Waals surface area contributed by atoms with E-state index >= 15 is 0 Å². The van der Waals surface area contributed by atoms with Crippen molar-refractivity contribution in [3.05, 3.63) is 94.1 Å². The summed E-state index contributed by atoms with van der Waals surface area (Å²) in [6, 6.07) is 17.9. The minimum atomic E-state index is 0. The summed E-state index contributed by atoms with van der Waals surface area (Å²) < 4.78 is 0. The van der Waals surface area contributed by atoms with Crippen molar-refractivity contribution in [3.63, 3.8) is 0 Å². The second kappa shape index (κ2) is 12.3. The molecule has 2 aromatic carbocycles. The molecule has 0 saturated heterocycles. The zero-order valence-corrected chi connectivity index (χ0v) is 20.9. The van der Waals surface area contributed by atoms with Crippen LogP contribution in [0.15, 0.2) is 65.8 Å². The van der Waals surface area contributed by atoms with Crippen molar-refractivity contribution in [1.82, 2.24) is 0 Å². The Hall–Kier alpha value is -0.496. The van der Waals surface area contributed by atoms with E-state index < -0.39 is 0 Å². The van der Waals surface area contributed by atoms with Crippen LogP contribution in [0.4, 0.5) is 0 Å². The van der Waals surface area contributed by atoms with Gasteiger partial charge in [-0.2, -0.15) is 11.6 Å². The third-order valence-corrected chi connectivity index (χ3v) is 4.74. The summed E-state index contributed by atoms with van der Waals surface area (Å²) in [5.41, 5.74) is 8.39. The monoisotopic (exact) mass is 468 g/mol. The van der Waals surface area contributed by atoms with Gasteiger partial charge >= 0.3 is 21.7 Å². The van der Waals surface area contributed by atoms with Crippen molar-refractivity contribution < 1.29 is 58.9 Å². The molecule has 0 unspecified atom stereocenters. The minimum absolute atomic E-state index is 0. The van der Waals surface area contributed by atoms with E-state index in [2.05, 4.69) is 95.3 Å². The van der Waals surface area contributed by atoms with Crippen molar-refractivity contribution in [2.75, 3.05) is 0 Å². The van der Waals surface area contributed by atoms with Gasteiger partial charge in [0.2, 0.25) is 0 Å². The molecule has 0 heterocycles. The first kappa shape index (κ1) is 29.7. The first-order valence-electron chi connectivity index (χ1n) is 8.81. The second-order valence-corrected chi connectivity index (χ2v) is 7.96. The summed E-state index contributed by atoms with van der Waals surface area (Å²) in [6.07, 6.45) is 6.75.